The van der Waals surface area contributed by atoms with Crippen LogP contribution in [0.2, 0.25) is 0 Å². The second-order valence-electron chi connectivity index (χ2n) is 22.4. The molecule has 9 amide bonds. The van der Waals surface area contributed by atoms with E-state index in [0.29, 0.717) is 36.1 Å². The number of nitrogens with one attached hydrogen (secondary N) is 5. The smallest absolute Gasteiger partial charge is 0.326 e. The number of aliphatic imine (C=N–C) groups is 3. The Bertz CT molecular complexity index is 2830. The molecule has 496 valence electrons. The molecule has 0 spiro atoms. The molecule has 32 nitrogen and oxygen atoms in total. The Balaban J connectivity index is 1.27. The number of nitrogens with zero attached hydrogens (tertiary/aromatic N) is 7. The Hall–Kier alpha value is -8.69. The van der Waals surface area contributed by atoms with Gasteiger partial charge in [-0.15, -0.1) is 11.3 Å². The highest BCUT2D eigenvalue weighted by Gasteiger charge is 2.46. The number of aliphatic hydroxyl groups is 2. The molecule has 3 fully saturated rings. The van der Waals surface area contributed by atoms with Gasteiger partial charge in [-0.25, -0.2) is 4.79 Å². The summed E-state index contributed by atoms with van der Waals surface area (Å²) in [5.41, 5.74) is 39.3. The van der Waals surface area contributed by atoms with E-state index < -0.39 is 140 Å². The first-order chi connectivity index (χ1) is 42.9. The van der Waals surface area contributed by atoms with Crippen LogP contribution in [0.5, 0.6) is 0 Å². The lowest BCUT2D eigenvalue weighted by atomic mass is 9.94. The van der Waals surface area contributed by atoms with Gasteiger partial charge >= 0.3 is 5.97 Å². The minimum Gasteiger partial charge on any atom is -0.480 e. The van der Waals surface area contributed by atoms with Crippen LogP contribution in [0.25, 0.3) is 0 Å². The zero-order valence-electron chi connectivity index (χ0n) is 50.5. The molecule has 0 bridgehead atoms. The molecule has 2 saturated heterocycles. The number of likely N-dealkylation sites (tertiary alicyclic amines) is 2. The molecule has 0 radical (unpaired) electrons. The molecule has 1 saturated carbocycles. The maximum Gasteiger partial charge on any atom is 0.326 e. The number of carboxylic acids is 1. The van der Waals surface area contributed by atoms with Crippen LogP contribution in [0, 0.1) is 0 Å². The third kappa shape index (κ3) is 23.4. The van der Waals surface area contributed by atoms with E-state index in [9.17, 15) is 63.3 Å². The van der Waals surface area contributed by atoms with E-state index in [0.717, 1.165) is 29.1 Å². The molecule has 1 aromatic heterocycles. The van der Waals surface area contributed by atoms with Crippen LogP contribution in [-0.4, -0.2) is 225 Å². The van der Waals surface area contributed by atoms with E-state index in [1.165, 1.54) is 21.1 Å². The number of aliphatic hydroxyl groups excluding tert-OH is 2. The molecule has 0 unspecified atom stereocenters. The molecule has 1 aliphatic carbocycles. The molecule has 22 N–H and O–H groups in total. The fraction of sp³-hybridized carbons (Fsp3) is 0.596. The van der Waals surface area contributed by atoms with Gasteiger partial charge < -0.3 is 102 Å². The Labute approximate surface area is 525 Å². The minimum absolute atomic E-state index is 0.0124. The van der Waals surface area contributed by atoms with E-state index >= 15 is 0 Å². The molecular formula is C57H89N19O13S. The molecular weight excluding hydrogens is 1190 g/mol. The van der Waals surface area contributed by atoms with Crippen molar-refractivity contribution in [2.75, 3.05) is 59.0 Å². The summed E-state index contributed by atoms with van der Waals surface area (Å²) in [6.45, 7) is -2.71. The third-order valence-corrected chi connectivity index (χ3v) is 16.4. The normalized spacial score (nSPS) is 18.1. The average molecular weight is 1280 g/mol. The second kappa shape index (κ2) is 36.7. The molecule has 3 heterocycles. The van der Waals surface area contributed by atoms with E-state index in [1.807, 2.05) is 0 Å². The third-order valence-electron chi connectivity index (χ3n) is 15.5. The Morgan fingerprint density at radius 2 is 1.28 bits per heavy atom. The van der Waals surface area contributed by atoms with Crippen LogP contribution >= 0.6 is 11.3 Å². The van der Waals surface area contributed by atoms with Crippen LogP contribution in [0.4, 0.5) is 0 Å². The van der Waals surface area contributed by atoms with Gasteiger partial charge in [-0.05, 0) is 81.2 Å². The number of guanidine groups is 3. The number of carboxylic acid groups (broad SMARTS) is 1. The number of nitrogens with two attached hydrogens (primary N) is 7. The lowest BCUT2D eigenvalue weighted by molar-refractivity contribution is -0.148. The number of aliphatic carboxylic acids is 1. The molecule has 3 aliphatic rings. The number of carbonyl (C=O) groups excluding carboxylic acids is 9. The number of thiophene rings is 1. The van der Waals surface area contributed by atoms with Gasteiger partial charge in [-0.1, -0.05) is 55.7 Å². The van der Waals surface area contributed by atoms with Crippen molar-refractivity contribution >= 4 is 88.3 Å². The van der Waals surface area contributed by atoms with Gasteiger partial charge in [0.05, 0.1) is 31.8 Å². The summed E-state index contributed by atoms with van der Waals surface area (Å²) in [7, 11) is 0. The minimum atomic E-state index is -1.68. The highest BCUT2D eigenvalue weighted by molar-refractivity contribution is 7.09. The van der Waals surface area contributed by atoms with Crippen molar-refractivity contribution in [3.63, 3.8) is 0 Å². The molecule has 2 aromatic rings. The first kappa shape index (κ1) is 72.1. The largest absolute Gasteiger partial charge is 0.480 e. The van der Waals surface area contributed by atoms with Gasteiger partial charge in [0.1, 0.15) is 42.8 Å². The summed E-state index contributed by atoms with van der Waals surface area (Å²) in [4.78, 5) is 156. The van der Waals surface area contributed by atoms with Crippen molar-refractivity contribution in [1.82, 2.24) is 46.2 Å². The van der Waals surface area contributed by atoms with Gasteiger partial charge in [0.2, 0.25) is 53.2 Å². The second-order valence-corrected chi connectivity index (χ2v) is 23.4. The maximum absolute atomic E-state index is 14.6. The van der Waals surface area contributed by atoms with Crippen molar-refractivity contribution in [3.05, 3.63) is 58.3 Å². The monoisotopic (exact) mass is 1280 g/mol. The molecule has 5 rings (SSSR count). The highest BCUT2D eigenvalue weighted by Crippen LogP contribution is 2.27. The topological polar surface area (TPSA) is 524 Å². The van der Waals surface area contributed by atoms with Gasteiger partial charge in [-0.2, -0.15) is 0 Å². The first-order valence-corrected chi connectivity index (χ1v) is 31.0. The molecule has 2 aliphatic heterocycles. The Kier molecular flexibility index (Phi) is 29.4. The molecule has 33 heteroatoms. The maximum atomic E-state index is 14.6. The lowest BCUT2D eigenvalue weighted by Crippen LogP contribution is -2.58. The molecule has 1 aromatic carbocycles. The predicted molar refractivity (Wildman–Crippen MR) is 332 cm³/mol. The highest BCUT2D eigenvalue weighted by atomic mass is 32.1. The fourth-order valence-electron chi connectivity index (χ4n) is 11.0. The van der Waals surface area contributed by atoms with Crippen molar-refractivity contribution in [2.45, 2.75) is 157 Å². The summed E-state index contributed by atoms with van der Waals surface area (Å²) in [6.07, 6.45) is 3.63. The zero-order valence-corrected chi connectivity index (χ0v) is 51.3. The number of hydrogen-bond acceptors (Lipinski definition) is 17. The Morgan fingerprint density at radius 1 is 0.667 bits per heavy atom. The van der Waals surface area contributed by atoms with Gasteiger partial charge in [0.15, 0.2) is 17.9 Å². The van der Waals surface area contributed by atoms with Crippen molar-refractivity contribution in [1.29, 1.82) is 0 Å². The summed E-state index contributed by atoms with van der Waals surface area (Å²) in [6, 6.07) is 2.55. The summed E-state index contributed by atoms with van der Waals surface area (Å²) < 4.78 is 0. The SMILES string of the molecule is NC(N)=NCCC[C@@H](N)C(=O)N[C@@H](CCCN=C(N)N)C(=O)N1CCC[C@H]1C(=O)N1C[C@H](O)C[C@H]1C(=O)NCC(=O)N[C@@H](Cc1cccs1)C(=O)N[C@@H](CO)C(=O)N(CC(=O)N(CC(=O)N[C@@H](CCCN=C(N)N)C(=O)O)C1CCCCC1)Cc1ccccc1. The molecule has 8 atom stereocenters. The summed E-state index contributed by atoms with van der Waals surface area (Å²) in [5, 5.41) is 46.1. The van der Waals surface area contributed by atoms with E-state index in [1.54, 1.807) is 47.8 Å². The van der Waals surface area contributed by atoms with Crippen molar-refractivity contribution in [3.8, 4) is 0 Å². The van der Waals surface area contributed by atoms with Crippen molar-refractivity contribution in [2.24, 2.45) is 55.1 Å². The summed E-state index contributed by atoms with van der Waals surface area (Å²) in [5.74, 6) is -8.57. The van der Waals surface area contributed by atoms with Gasteiger partial charge in [-0.3, -0.25) is 58.1 Å². The average Bonchev–Trinajstić information content (AvgIpc) is 1.81. The predicted octanol–water partition coefficient (Wildman–Crippen LogP) is -4.95. The number of β-amino-alcohol motifs (C(OH)–C–C–N with tert-alkyl or cyclic N) is 1. The quantitative estimate of drug-likeness (QED) is 0.0175. The first-order valence-electron chi connectivity index (χ1n) is 30.1. The fourth-order valence-corrected chi connectivity index (χ4v) is 11.7. The zero-order chi connectivity index (χ0) is 65.9. The van der Waals surface area contributed by atoms with E-state index in [2.05, 4.69) is 41.6 Å². The number of amides is 9. The van der Waals surface area contributed by atoms with Crippen LogP contribution in [-0.2, 0) is 60.9 Å². The van der Waals surface area contributed by atoms with Crippen LogP contribution in [0.15, 0.2) is 62.8 Å². The number of benzene rings is 1. The number of rotatable bonds is 35. The van der Waals surface area contributed by atoms with Gasteiger partial charge in [0.25, 0.3) is 0 Å². The van der Waals surface area contributed by atoms with E-state index in [-0.39, 0.29) is 109 Å². The van der Waals surface area contributed by atoms with Gasteiger partial charge in [0, 0.05) is 63.0 Å². The van der Waals surface area contributed by atoms with Crippen LogP contribution in [0.1, 0.15) is 100 Å². The number of carbonyl (C=O) groups is 10. The van der Waals surface area contributed by atoms with Crippen molar-refractivity contribution < 1.29 is 63.3 Å². The van der Waals surface area contributed by atoms with Crippen LogP contribution in [0.3, 0.4) is 0 Å². The summed E-state index contributed by atoms with van der Waals surface area (Å²) >= 11 is 1.26. The Morgan fingerprint density at radius 3 is 1.88 bits per heavy atom. The lowest BCUT2D eigenvalue weighted by Gasteiger charge is -2.36. The van der Waals surface area contributed by atoms with Crippen LogP contribution < -0.4 is 66.7 Å². The van der Waals surface area contributed by atoms with E-state index in [4.69, 9.17) is 40.1 Å². The molecule has 90 heavy (non-hydrogen) atoms. The standard InChI is InChI=1S/C57H89N19O13S/c58-38(17-7-21-65-55(59)60)48(82)71-39(18-8-22-66-56(61)62)52(86)74-24-10-20-43(74)53(87)76-30-36(78)26-44(76)50(84)68-28-45(79)70-41(27-37-16-11-25-90-37)49(83)72-42(33-77)51(85)73(29-34-12-3-1-4-13-34)32-47(81)75(35-14-5-2-6-15-35)31-46(80)69-40(54(88)89)19-9-23-67-57(63)64/h1,3-4,11-13,16,25,35-36,38-44,77-78H,2,5-10,14-15,17-24,26-33,58H2,(H,68,84)(H,69,80)(H,70,79)(H,71,82)(H,72,83)(H,88,89)(H4,59,60,65)(H4,61,62,66)(H4,63,64,67)/t36-,38-,39+,40+,41+,42+,43+,44+/m1/s1. The number of hydrogen-bond donors (Lipinski definition) is 15.